The second-order valence-corrected chi connectivity index (χ2v) is 7.13. The van der Waals surface area contributed by atoms with Crippen molar-refractivity contribution in [3.8, 4) is 5.75 Å². The molecule has 2 aromatic carbocycles. The molecule has 0 heterocycles. The summed E-state index contributed by atoms with van der Waals surface area (Å²) >= 11 is 0. The van der Waals surface area contributed by atoms with Crippen molar-refractivity contribution in [2.75, 3.05) is 11.6 Å². The van der Waals surface area contributed by atoms with Gasteiger partial charge in [-0.3, -0.25) is 4.79 Å². The number of halogens is 2. The largest absolute Gasteiger partial charge is 0.481 e. The molecule has 0 fully saturated rings. The molecule has 2 rings (SSSR count). The van der Waals surface area contributed by atoms with Gasteiger partial charge in [0.1, 0.15) is 17.4 Å². The number of nitrogens with one attached hydrogen (secondary N) is 1. The summed E-state index contributed by atoms with van der Waals surface area (Å²) in [6.07, 6.45) is -0.0247. The van der Waals surface area contributed by atoms with Gasteiger partial charge in [-0.05, 0) is 49.4 Å². The Balaban J connectivity index is 2.12. The molecule has 0 bridgehead atoms. The minimum atomic E-state index is -3.54. The first-order chi connectivity index (χ1) is 11.2. The number of rotatable bonds is 5. The predicted octanol–water partition coefficient (Wildman–Crippen LogP) is 2.77. The highest BCUT2D eigenvalue weighted by Gasteiger charge is 2.18. The molecule has 0 saturated carbocycles. The Morgan fingerprint density at radius 3 is 2.33 bits per heavy atom. The van der Waals surface area contributed by atoms with Gasteiger partial charge in [-0.15, -0.1) is 0 Å². The van der Waals surface area contributed by atoms with E-state index in [0.29, 0.717) is 0 Å². The molecule has 24 heavy (non-hydrogen) atoms. The van der Waals surface area contributed by atoms with Crippen LogP contribution in [0.1, 0.15) is 6.92 Å². The number of ether oxygens (including phenoxy) is 1. The average molecular weight is 355 g/mol. The number of hydrogen-bond donors (Lipinski definition) is 1. The van der Waals surface area contributed by atoms with Gasteiger partial charge in [0.25, 0.3) is 5.91 Å². The van der Waals surface area contributed by atoms with Crippen molar-refractivity contribution >= 4 is 21.4 Å². The van der Waals surface area contributed by atoms with Crippen molar-refractivity contribution in [3.63, 3.8) is 0 Å². The summed E-state index contributed by atoms with van der Waals surface area (Å²) in [5.41, 5.74) is -0.266. The van der Waals surface area contributed by atoms with Crippen molar-refractivity contribution in [3.05, 3.63) is 54.1 Å². The summed E-state index contributed by atoms with van der Waals surface area (Å²) in [6, 6.07) is 8.15. The van der Waals surface area contributed by atoms with Gasteiger partial charge in [-0.25, -0.2) is 17.2 Å². The second kappa shape index (κ2) is 6.96. The standard InChI is InChI=1S/C16H15F2NO4S/c1-10(23-12-5-3-11(17)4-6-12)16(20)19-15-9-13(24(2,21)22)7-8-14(15)18/h3-10H,1-2H3,(H,19,20)/t10-/m1/s1. The van der Waals surface area contributed by atoms with E-state index in [1.54, 1.807) is 0 Å². The van der Waals surface area contributed by atoms with Crippen LogP contribution in [0.25, 0.3) is 0 Å². The van der Waals surface area contributed by atoms with E-state index >= 15 is 0 Å². The maximum atomic E-state index is 13.8. The minimum Gasteiger partial charge on any atom is -0.481 e. The maximum Gasteiger partial charge on any atom is 0.265 e. The lowest BCUT2D eigenvalue weighted by Crippen LogP contribution is -2.30. The van der Waals surface area contributed by atoms with E-state index < -0.39 is 33.5 Å². The molecule has 0 spiro atoms. The summed E-state index contributed by atoms with van der Waals surface area (Å²) in [7, 11) is -3.54. The normalized spacial score (nSPS) is 12.5. The first kappa shape index (κ1) is 17.9. The Morgan fingerprint density at radius 2 is 1.75 bits per heavy atom. The summed E-state index contributed by atoms with van der Waals surface area (Å²) in [5, 5.41) is 2.28. The highest BCUT2D eigenvalue weighted by Crippen LogP contribution is 2.20. The van der Waals surface area contributed by atoms with Crippen molar-refractivity contribution in [2.45, 2.75) is 17.9 Å². The quantitative estimate of drug-likeness (QED) is 0.837. The van der Waals surface area contributed by atoms with Gasteiger partial charge < -0.3 is 10.1 Å². The summed E-state index contributed by atoms with van der Waals surface area (Å²) in [6.45, 7) is 1.43. The third kappa shape index (κ3) is 4.51. The fourth-order valence-electron chi connectivity index (χ4n) is 1.84. The molecule has 0 unspecified atom stereocenters. The third-order valence-electron chi connectivity index (χ3n) is 3.12. The van der Waals surface area contributed by atoms with E-state index in [4.69, 9.17) is 4.74 Å². The van der Waals surface area contributed by atoms with Gasteiger partial charge in [0, 0.05) is 6.26 Å². The number of benzene rings is 2. The maximum absolute atomic E-state index is 13.8. The molecular formula is C16H15F2NO4S. The van der Waals surface area contributed by atoms with Crippen molar-refractivity contribution in [1.29, 1.82) is 0 Å². The number of sulfone groups is 1. The van der Waals surface area contributed by atoms with Crippen molar-refractivity contribution in [1.82, 2.24) is 0 Å². The van der Waals surface area contributed by atoms with Gasteiger partial charge in [0.05, 0.1) is 10.6 Å². The molecular weight excluding hydrogens is 340 g/mol. The van der Waals surface area contributed by atoms with Crippen LogP contribution in [0.15, 0.2) is 47.4 Å². The lowest BCUT2D eigenvalue weighted by molar-refractivity contribution is -0.122. The minimum absolute atomic E-state index is 0.119. The van der Waals surface area contributed by atoms with Gasteiger partial charge in [0.2, 0.25) is 0 Å². The van der Waals surface area contributed by atoms with Crippen LogP contribution in [0.3, 0.4) is 0 Å². The smallest absolute Gasteiger partial charge is 0.265 e. The number of hydrogen-bond acceptors (Lipinski definition) is 4. The van der Waals surface area contributed by atoms with Crippen LogP contribution in [0.4, 0.5) is 14.5 Å². The van der Waals surface area contributed by atoms with Gasteiger partial charge in [-0.1, -0.05) is 0 Å². The molecule has 128 valence electrons. The van der Waals surface area contributed by atoms with Crippen LogP contribution in [0.2, 0.25) is 0 Å². The summed E-state index contributed by atoms with van der Waals surface area (Å²) in [5.74, 6) is -1.63. The number of amides is 1. The zero-order chi connectivity index (χ0) is 17.9. The molecule has 1 amide bonds. The van der Waals surface area contributed by atoms with Crippen LogP contribution in [0, 0.1) is 11.6 Å². The van der Waals surface area contributed by atoms with Crippen LogP contribution < -0.4 is 10.1 Å². The summed E-state index contributed by atoms with van der Waals surface area (Å²) < 4.78 is 54.9. The lowest BCUT2D eigenvalue weighted by atomic mass is 10.2. The van der Waals surface area contributed by atoms with Gasteiger partial charge in [-0.2, -0.15) is 0 Å². The van der Waals surface area contributed by atoms with Crippen LogP contribution >= 0.6 is 0 Å². The van der Waals surface area contributed by atoms with Crippen molar-refractivity contribution in [2.24, 2.45) is 0 Å². The van der Waals surface area contributed by atoms with E-state index in [1.165, 1.54) is 31.2 Å². The van der Waals surface area contributed by atoms with Gasteiger partial charge >= 0.3 is 0 Å². The molecule has 0 aliphatic carbocycles. The monoisotopic (exact) mass is 355 g/mol. The molecule has 2 aromatic rings. The van der Waals surface area contributed by atoms with E-state index in [1.807, 2.05) is 0 Å². The molecule has 0 aliphatic rings. The fraction of sp³-hybridized carbons (Fsp3) is 0.188. The zero-order valence-corrected chi connectivity index (χ0v) is 13.7. The molecule has 0 saturated heterocycles. The van der Waals surface area contributed by atoms with E-state index in [2.05, 4.69) is 5.32 Å². The Bertz CT molecular complexity index is 851. The molecule has 0 radical (unpaired) electrons. The molecule has 8 heteroatoms. The highest BCUT2D eigenvalue weighted by atomic mass is 32.2. The molecule has 1 atom stereocenters. The predicted molar refractivity (Wildman–Crippen MR) is 84.6 cm³/mol. The first-order valence-corrected chi connectivity index (χ1v) is 8.78. The van der Waals surface area contributed by atoms with Crippen LogP contribution in [-0.2, 0) is 14.6 Å². The topological polar surface area (TPSA) is 72.5 Å². The van der Waals surface area contributed by atoms with E-state index in [-0.39, 0.29) is 16.3 Å². The fourth-order valence-corrected chi connectivity index (χ4v) is 2.48. The Morgan fingerprint density at radius 1 is 1.12 bits per heavy atom. The number of carbonyl (C=O) groups is 1. The Kier molecular flexibility index (Phi) is 5.18. The number of anilines is 1. The van der Waals surface area contributed by atoms with Crippen LogP contribution in [0.5, 0.6) is 5.75 Å². The Hall–Kier alpha value is -2.48. The highest BCUT2D eigenvalue weighted by molar-refractivity contribution is 7.90. The molecule has 0 aromatic heterocycles. The number of carbonyl (C=O) groups excluding carboxylic acids is 1. The van der Waals surface area contributed by atoms with Crippen molar-refractivity contribution < 1.29 is 26.7 Å². The third-order valence-corrected chi connectivity index (χ3v) is 4.23. The molecule has 5 nitrogen and oxygen atoms in total. The molecule has 0 aliphatic heterocycles. The van der Waals surface area contributed by atoms with Gasteiger partial charge in [0.15, 0.2) is 15.9 Å². The first-order valence-electron chi connectivity index (χ1n) is 6.89. The van der Waals surface area contributed by atoms with E-state index in [9.17, 15) is 22.0 Å². The average Bonchev–Trinajstić information content (AvgIpc) is 2.50. The Labute approximate surface area is 138 Å². The summed E-state index contributed by atoms with van der Waals surface area (Å²) in [4.78, 5) is 12.0. The zero-order valence-electron chi connectivity index (χ0n) is 12.9. The van der Waals surface area contributed by atoms with E-state index in [0.717, 1.165) is 24.5 Å². The molecule has 1 N–H and O–H groups in total. The van der Waals surface area contributed by atoms with Crippen LogP contribution in [-0.4, -0.2) is 26.7 Å². The second-order valence-electron chi connectivity index (χ2n) is 5.12. The lowest BCUT2D eigenvalue weighted by Gasteiger charge is -2.15. The SMILES string of the molecule is C[C@@H](Oc1ccc(F)cc1)C(=O)Nc1cc(S(C)(=O)=O)ccc1F.